The van der Waals surface area contributed by atoms with Crippen LogP contribution >= 0.6 is 0 Å². The summed E-state index contributed by atoms with van der Waals surface area (Å²) >= 11 is 0. The zero-order chi connectivity index (χ0) is 44.9. The molecule has 12 nitrogen and oxygen atoms in total. The second-order valence-electron chi connectivity index (χ2n) is 16.3. The molecule has 2 atom stereocenters. The third kappa shape index (κ3) is 19.1. The minimum Gasteiger partial charge on any atom is -0.490 e. The van der Waals surface area contributed by atoms with E-state index in [0.717, 1.165) is 125 Å². The summed E-state index contributed by atoms with van der Waals surface area (Å²) in [6.45, 7) is 10.1. The number of rotatable bonds is 32. The maximum Gasteiger partial charge on any atom is 0.330 e. The van der Waals surface area contributed by atoms with Crippen LogP contribution in [0.3, 0.4) is 0 Å². The van der Waals surface area contributed by atoms with E-state index in [0.29, 0.717) is 62.8 Å². The van der Waals surface area contributed by atoms with Crippen molar-refractivity contribution in [3.05, 3.63) is 110 Å². The number of hydrogen-bond acceptors (Lipinski definition) is 12. The molecule has 1 aliphatic rings. The van der Waals surface area contributed by atoms with Crippen LogP contribution in [0.1, 0.15) is 127 Å². The first kappa shape index (κ1) is 49.6. The van der Waals surface area contributed by atoms with Gasteiger partial charge in [0.05, 0.1) is 76.6 Å². The summed E-state index contributed by atoms with van der Waals surface area (Å²) in [6, 6.07) is 16.5. The molecule has 1 fully saturated rings. The van der Waals surface area contributed by atoms with E-state index in [1.165, 1.54) is 25.0 Å². The van der Waals surface area contributed by atoms with E-state index in [2.05, 4.69) is 57.4 Å². The molecule has 0 amide bonds. The average Bonchev–Trinajstić information content (AvgIpc) is 3.34. The van der Waals surface area contributed by atoms with Crippen LogP contribution in [0.25, 0.3) is 22.8 Å². The Morgan fingerprint density at radius 2 is 0.812 bits per heavy atom. The van der Waals surface area contributed by atoms with E-state index >= 15 is 0 Å². The van der Waals surface area contributed by atoms with E-state index in [9.17, 15) is 9.59 Å². The number of nitrogens with zero attached hydrogens (tertiary/aromatic N) is 4. The van der Waals surface area contributed by atoms with Crippen LogP contribution in [-0.4, -0.2) is 70.5 Å². The molecular weight excluding hydrogens is 809 g/mol. The molecule has 12 heteroatoms. The van der Waals surface area contributed by atoms with Crippen molar-refractivity contribution in [2.75, 3.05) is 26.4 Å². The van der Waals surface area contributed by atoms with E-state index in [-0.39, 0.29) is 24.1 Å². The van der Waals surface area contributed by atoms with Crippen molar-refractivity contribution in [3.8, 4) is 34.3 Å². The Labute approximate surface area is 380 Å². The lowest BCUT2D eigenvalue weighted by Gasteiger charge is -2.31. The Kier molecular flexibility index (Phi) is 23.1. The van der Waals surface area contributed by atoms with Crippen molar-refractivity contribution in [1.29, 1.82) is 0 Å². The molecule has 2 aromatic heterocycles. The fraction of sp³-hybridized carbons (Fsp3) is 0.500. The van der Waals surface area contributed by atoms with Gasteiger partial charge in [-0.05, 0) is 49.7 Å². The summed E-state index contributed by atoms with van der Waals surface area (Å²) in [4.78, 5) is 40.3. The van der Waals surface area contributed by atoms with Crippen LogP contribution in [-0.2, 0) is 41.8 Å². The fourth-order valence-corrected chi connectivity index (χ4v) is 7.45. The summed E-state index contributed by atoms with van der Waals surface area (Å²) in [6.07, 6.45) is 28.8. The van der Waals surface area contributed by atoms with Gasteiger partial charge in [-0.3, -0.25) is 0 Å². The Bertz CT molecular complexity index is 1780. The highest BCUT2D eigenvalue weighted by molar-refractivity contribution is 5.81. The topological polar surface area (TPSA) is 141 Å². The average molecular weight is 877 g/mol. The highest BCUT2D eigenvalue weighted by atomic mass is 16.5. The van der Waals surface area contributed by atoms with Gasteiger partial charge in [0.2, 0.25) is 0 Å². The smallest absolute Gasteiger partial charge is 0.330 e. The minimum absolute atomic E-state index is 0.0444. The molecule has 1 aliphatic carbocycles. The number of esters is 2. The summed E-state index contributed by atoms with van der Waals surface area (Å²) in [5.74, 6) is 1.98. The molecule has 0 aliphatic heterocycles. The van der Waals surface area contributed by atoms with Crippen molar-refractivity contribution >= 4 is 11.9 Å². The van der Waals surface area contributed by atoms with Gasteiger partial charge in [-0.15, -0.1) is 0 Å². The lowest BCUT2D eigenvalue weighted by atomic mass is 9.94. The van der Waals surface area contributed by atoms with Gasteiger partial charge in [0.15, 0.2) is 23.1 Å². The third-order valence-electron chi connectivity index (χ3n) is 11.2. The van der Waals surface area contributed by atoms with Gasteiger partial charge in [0.1, 0.15) is 0 Å². The molecule has 2 heterocycles. The molecule has 64 heavy (non-hydrogen) atoms. The summed E-state index contributed by atoms with van der Waals surface area (Å²) in [5.41, 5.74) is 4.09. The van der Waals surface area contributed by atoms with E-state index in [1.54, 1.807) is 24.8 Å². The van der Waals surface area contributed by atoms with Crippen molar-refractivity contribution in [1.82, 2.24) is 19.9 Å². The first-order chi connectivity index (χ1) is 31.5. The van der Waals surface area contributed by atoms with Crippen molar-refractivity contribution in [2.24, 2.45) is 0 Å². The van der Waals surface area contributed by atoms with E-state index in [1.807, 2.05) is 24.3 Å². The number of unbranched alkanes of at least 4 members (excludes halogenated alkanes) is 12. The second kappa shape index (κ2) is 29.8. The first-order valence-corrected chi connectivity index (χ1v) is 23.4. The summed E-state index contributed by atoms with van der Waals surface area (Å²) in [5, 5.41) is 0. The highest BCUT2D eigenvalue weighted by Gasteiger charge is 2.27. The van der Waals surface area contributed by atoms with Crippen LogP contribution in [0.4, 0.5) is 0 Å². The zero-order valence-electron chi connectivity index (χ0n) is 37.7. The molecule has 0 bridgehead atoms. The molecule has 5 rings (SSSR count). The quantitative estimate of drug-likeness (QED) is 0.0262. The first-order valence-electron chi connectivity index (χ1n) is 23.4. The molecule has 344 valence electrons. The van der Waals surface area contributed by atoms with Crippen LogP contribution in [0.2, 0.25) is 0 Å². The van der Waals surface area contributed by atoms with Crippen LogP contribution < -0.4 is 9.47 Å². The standard InChI is InChI=1S/C52H68N4O8/c1-3-49(57)61-33-19-13-9-5-7-11-17-31-59-45-35-53-51(54-36-45)43-27-23-41(24-28-43)39-63-47-21-15-16-22-48(47)64-40-42-25-29-44(30-26-42)52-55-37-46(38-56-52)60-32-18-12-8-6-10-14-20-34-62-50(58)4-2/h3-4,23-30,35-38,47-48H,1-2,5-22,31-34,39-40H2/t47-,48-/m1/s1. The van der Waals surface area contributed by atoms with Gasteiger partial charge in [-0.2, -0.15) is 0 Å². The fourth-order valence-electron chi connectivity index (χ4n) is 7.45. The molecule has 0 N–H and O–H groups in total. The van der Waals surface area contributed by atoms with Gasteiger partial charge in [-0.25, -0.2) is 29.5 Å². The lowest BCUT2D eigenvalue weighted by Crippen LogP contribution is -2.34. The monoisotopic (exact) mass is 877 g/mol. The summed E-state index contributed by atoms with van der Waals surface area (Å²) in [7, 11) is 0. The van der Waals surface area contributed by atoms with Gasteiger partial charge in [0, 0.05) is 23.3 Å². The summed E-state index contributed by atoms with van der Waals surface area (Å²) < 4.78 is 34.7. The van der Waals surface area contributed by atoms with Gasteiger partial charge in [-0.1, -0.05) is 139 Å². The molecule has 4 aromatic rings. The highest BCUT2D eigenvalue weighted by Crippen LogP contribution is 2.27. The lowest BCUT2D eigenvalue weighted by molar-refractivity contribution is -0.138. The number of carbonyl (C=O) groups excluding carboxylic acids is 2. The Hall–Kier alpha value is -5.46. The third-order valence-corrected chi connectivity index (χ3v) is 11.2. The minimum atomic E-state index is -0.350. The van der Waals surface area contributed by atoms with E-state index in [4.69, 9.17) is 28.4 Å². The Balaban J connectivity index is 0.928. The number of ether oxygens (including phenoxy) is 6. The van der Waals surface area contributed by atoms with Crippen molar-refractivity contribution < 1.29 is 38.0 Å². The van der Waals surface area contributed by atoms with Gasteiger partial charge < -0.3 is 28.4 Å². The SMILES string of the molecule is C=CC(=O)OCCCCCCCCCOc1cnc(-c2ccc(CO[C@@H]3CCCC[C@H]3OCc3ccc(-c4ncc(OCCCCCCCCCOC(=O)C=C)cn4)cc3)cc2)nc1. The van der Waals surface area contributed by atoms with E-state index < -0.39 is 0 Å². The number of benzene rings is 2. The molecular formula is C52H68N4O8. The predicted octanol–water partition coefficient (Wildman–Crippen LogP) is 11.3. The zero-order valence-corrected chi connectivity index (χ0v) is 37.7. The van der Waals surface area contributed by atoms with Crippen LogP contribution in [0.15, 0.2) is 98.6 Å². The molecule has 0 spiro atoms. The number of aromatic nitrogens is 4. The van der Waals surface area contributed by atoms with Crippen LogP contribution in [0, 0.1) is 0 Å². The van der Waals surface area contributed by atoms with Gasteiger partial charge >= 0.3 is 11.9 Å². The largest absolute Gasteiger partial charge is 0.490 e. The van der Waals surface area contributed by atoms with Crippen molar-refractivity contribution in [3.63, 3.8) is 0 Å². The molecule has 1 saturated carbocycles. The molecule has 2 aromatic carbocycles. The normalized spacial score (nSPS) is 14.7. The molecule has 0 saturated heterocycles. The molecule has 0 unspecified atom stereocenters. The molecule has 0 radical (unpaired) electrons. The Morgan fingerprint density at radius 3 is 1.16 bits per heavy atom. The van der Waals surface area contributed by atoms with Gasteiger partial charge in [0.25, 0.3) is 0 Å². The van der Waals surface area contributed by atoms with Crippen molar-refractivity contribution in [2.45, 2.75) is 141 Å². The van der Waals surface area contributed by atoms with Crippen LogP contribution in [0.5, 0.6) is 11.5 Å². The predicted molar refractivity (Wildman–Crippen MR) is 248 cm³/mol. The Morgan fingerprint density at radius 1 is 0.484 bits per heavy atom. The maximum atomic E-state index is 11.1. The maximum absolute atomic E-state index is 11.1. The number of hydrogen-bond donors (Lipinski definition) is 0. The second-order valence-corrected chi connectivity index (χ2v) is 16.3. The number of carbonyl (C=O) groups is 2.